The zero-order chi connectivity index (χ0) is 13.9. The number of nitrogens with zero attached hydrogens (tertiary/aromatic N) is 1. The monoisotopic (exact) mass is 269 g/mol. The van der Waals surface area contributed by atoms with Gasteiger partial charge in [0.1, 0.15) is 5.75 Å². The number of benzene rings is 1. The van der Waals surface area contributed by atoms with Gasteiger partial charge in [-0.1, -0.05) is 12.1 Å². The van der Waals surface area contributed by atoms with Crippen molar-refractivity contribution in [2.24, 2.45) is 0 Å². The lowest BCUT2D eigenvalue weighted by Gasteiger charge is -2.19. The molecule has 0 unspecified atom stereocenters. The topological polar surface area (TPSA) is 46.6 Å². The van der Waals surface area contributed by atoms with Gasteiger partial charge in [-0.3, -0.25) is 14.5 Å². The summed E-state index contributed by atoms with van der Waals surface area (Å²) in [6.07, 6.45) is 8.06. The highest BCUT2D eigenvalue weighted by atomic mass is 16.5. The highest BCUT2D eigenvalue weighted by Crippen LogP contribution is 2.26. The minimum absolute atomic E-state index is 0.242. The van der Waals surface area contributed by atoms with Gasteiger partial charge in [-0.05, 0) is 41.8 Å². The predicted molar refractivity (Wildman–Crippen MR) is 75.2 cm³/mol. The third-order valence-corrected chi connectivity index (χ3v) is 3.44. The lowest BCUT2D eigenvalue weighted by Crippen LogP contribution is -2.37. The van der Waals surface area contributed by atoms with Crippen LogP contribution in [0.5, 0.6) is 5.75 Å². The maximum atomic E-state index is 12.0. The van der Waals surface area contributed by atoms with Crippen molar-refractivity contribution in [1.29, 1.82) is 0 Å². The second-order valence-electron chi connectivity index (χ2n) is 4.82. The Balaban J connectivity index is 1.72. The summed E-state index contributed by atoms with van der Waals surface area (Å²) in [4.78, 5) is 24.8. The van der Waals surface area contributed by atoms with Gasteiger partial charge in [-0.2, -0.15) is 0 Å². The molecule has 0 bridgehead atoms. The van der Waals surface area contributed by atoms with E-state index in [4.69, 9.17) is 4.74 Å². The normalized spacial score (nSPS) is 17.4. The summed E-state index contributed by atoms with van der Waals surface area (Å²) < 4.78 is 5.44. The Morgan fingerprint density at radius 1 is 1.35 bits per heavy atom. The molecule has 0 N–H and O–H groups in total. The van der Waals surface area contributed by atoms with E-state index in [1.165, 1.54) is 17.1 Å². The summed E-state index contributed by atoms with van der Waals surface area (Å²) in [5, 5.41) is 0. The smallest absolute Gasteiger partial charge is 0.253 e. The fourth-order valence-corrected chi connectivity index (χ4v) is 2.37. The molecule has 0 radical (unpaired) electrons. The highest BCUT2D eigenvalue weighted by molar-refractivity contribution is 6.06. The highest BCUT2D eigenvalue weighted by Gasteiger charge is 2.19. The first kappa shape index (κ1) is 12.7. The molecule has 1 aromatic rings. The van der Waals surface area contributed by atoms with E-state index in [1.807, 2.05) is 18.2 Å². The van der Waals surface area contributed by atoms with Gasteiger partial charge < -0.3 is 4.74 Å². The van der Waals surface area contributed by atoms with Crippen LogP contribution in [0.15, 0.2) is 36.4 Å². The van der Waals surface area contributed by atoms with Gasteiger partial charge >= 0.3 is 0 Å². The summed E-state index contributed by atoms with van der Waals surface area (Å²) in [5.74, 6) is 0.411. The Morgan fingerprint density at radius 3 is 3.10 bits per heavy atom. The molecule has 4 nitrogen and oxygen atoms in total. The van der Waals surface area contributed by atoms with E-state index >= 15 is 0 Å². The molecule has 20 heavy (non-hydrogen) atoms. The Kier molecular flexibility index (Phi) is 3.37. The van der Waals surface area contributed by atoms with Crippen molar-refractivity contribution < 1.29 is 14.3 Å². The summed E-state index contributed by atoms with van der Waals surface area (Å²) in [5.41, 5.74) is 2.11. The molecule has 2 amide bonds. The molecule has 2 heterocycles. The zero-order valence-corrected chi connectivity index (χ0v) is 11.0. The Bertz CT molecular complexity index is 616. The van der Waals surface area contributed by atoms with E-state index in [0.717, 1.165) is 36.3 Å². The van der Waals surface area contributed by atoms with Crippen molar-refractivity contribution in [1.82, 2.24) is 4.90 Å². The van der Waals surface area contributed by atoms with Gasteiger partial charge in [0.15, 0.2) is 0 Å². The second-order valence-corrected chi connectivity index (χ2v) is 4.82. The van der Waals surface area contributed by atoms with Crippen LogP contribution in [0.2, 0.25) is 0 Å². The van der Waals surface area contributed by atoms with Gasteiger partial charge in [0.2, 0.25) is 0 Å². The number of rotatable bonds is 2. The van der Waals surface area contributed by atoms with E-state index in [-0.39, 0.29) is 11.8 Å². The van der Waals surface area contributed by atoms with Crippen molar-refractivity contribution in [2.75, 3.05) is 13.2 Å². The lowest BCUT2D eigenvalue weighted by atomic mass is 10.1. The van der Waals surface area contributed by atoms with Crippen LogP contribution in [0.3, 0.4) is 0 Å². The van der Waals surface area contributed by atoms with Gasteiger partial charge in [-0.15, -0.1) is 0 Å². The van der Waals surface area contributed by atoms with E-state index in [9.17, 15) is 9.59 Å². The maximum Gasteiger partial charge on any atom is 0.253 e. The number of carbonyl (C=O) groups is 2. The fraction of sp³-hybridized carbons (Fsp3) is 0.250. The van der Waals surface area contributed by atoms with E-state index in [2.05, 4.69) is 0 Å². The summed E-state index contributed by atoms with van der Waals surface area (Å²) in [6.45, 7) is 1.17. The fourth-order valence-electron chi connectivity index (χ4n) is 2.37. The number of fused-ring (bicyclic) bond motifs is 1. The number of amides is 2. The van der Waals surface area contributed by atoms with Crippen LogP contribution >= 0.6 is 0 Å². The van der Waals surface area contributed by atoms with E-state index in [0.29, 0.717) is 6.54 Å². The maximum absolute atomic E-state index is 12.0. The summed E-state index contributed by atoms with van der Waals surface area (Å²) >= 11 is 0. The number of ether oxygens (including phenoxy) is 1. The first-order chi connectivity index (χ1) is 9.74. The van der Waals surface area contributed by atoms with Crippen LogP contribution < -0.4 is 4.74 Å². The van der Waals surface area contributed by atoms with Gasteiger partial charge in [0.05, 0.1) is 6.61 Å². The summed E-state index contributed by atoms with van der Waals surface area (Å²) in [7, 11) is 0. The third kappa shape index (κ3) is 2.50. The van der Waals surface area contributed by atoms with Crippen LogP contribution in [-0.2, 0) is 16.0 Å². The van der Waals surface area contributed by atoms with Crippen molar-refractivity contribution in [3.05, 3.63) is 47.6 Å². The molecular weight excluding hydrogens is 254 g/mol. The SMILES string of the molecule is O=C1C=CCCN1C(=O)/C=C/c1ccc2c(c1)CCO2. The molecular formula is C16H15NO3. The van der Waals surface area contributed by atoms with Gasteiger partial charge in [0.25, 0.3) is 11.8 Å². The first-order valence-electron chi connectivity index (χ1n) is 6.70. The Morgan fingerprint density at radius 2 is 2.25 bits per heavy atom. The van der Waals surface area contributed by atoms with Crippen LogP contribution in [0.25, 0.3) is 6.08 Å². The molecule has 0 spiro atoms. The van der Waals surface area contributed by atoms with E-state index in [1.54, 1.807) is 12.2 Å². The van der Waals surface area contributed by atoms with Crippen molar-refractivity contribution in [2.45, 2.75) is 12.8 Å². The van der Waals surface area contributed by atoms with Crippen LogP contribution in [-0.4, -0.2) is 29.9 Å². The van der Waals surface area contributed by atoms with Crippen LogP contribution in [0.4, 0.5) is 0 Å². The van der Waals surface area contributed by atoms with Crippen molar-refractivity contribution >= 4 is 17.9 Å². The third-order valence-electron chi connectivity index (χ3n) is 3.44. The predicted octanol–water partition coefficient (Wildman–Crippen LogP) is 1.95. The average Bonchev–Trinajstić information content (AvgIpc) is 2.92. The molecule has 0 saturated carbocycles. The second kappa shape index (κ2) is 5.33. The van der Waals surface area contributed by atoms with Crippen molar-refractivity contribution in [3.63, 3.8) is 0 Å². The van der Waals surface area contributed by atoms with Crippen LogP contribution in [0.1, 0.15) is 17.5 Å². The molecule has 1 aromatic carbocycles. The molecule has 0 saturated heterocycles. The Hall–Kier alpha value is -2.36. The first-order valence-corrected chi connectivity index (χ1v) is 6.70. The molecule has 0 atom stereocenters. The minimum atomic E-state index is -0.268. The molecule has 102 valence electrons. The molecule has 2 aliphatic rings. The average molecular weight is 269 g/mol. The largest absolute Gasteiger partial charge is 0.493 e. The van der Waals surface area contributed by atoms with Gasteiger partial charge in [0, 0.05) is 19.0 Å². The minimum Gasteiger partial charge on any atom is -0.493 e. The van der Waals surface area contributed by atoms with E-state index < -0.39 is 0 Å². The van der Waals surface area contributed by atoms with Crippen molar-refractivity contribution in [3.8, 4) is 5.75 Å². The number of hydrogen-bond donors (Lipinski definition) is 0. The lowest BCUT2D eigenvalue weighted by molar-refractivity contribution is -0.139. The Labute approximate surface area is 117 Å². The molecule has 3 rings (SSSR count). The number of carbonyl (C=O) groups excluding carboxylic acids is 2. The standard InChI is InChI=1S/C16H15NO3/c18-15-3-1-2-9-17(15)16(19)7-5-12-4-6-14-13(11-12)8-10-20-14/h1,3-7,11H,2,8-10H2/b7-5+. The van der Waals surface area contributed by atoms with Crippen LogP contribution in [0, 0.1) is 0 Å². The quantitative estimate of drug-likeness (QED) is 0.771. The molecule has 0 fully saturated rings. The molecule has 0 aliphatic carbocycles. The van der Waals surface area contributed by atoms with Gasteiger partial charge in [-0.25, -0.2) is 0 Å². The number of imide groups is 1. The molecule has 4 heteroatoms. The summed E-state index contributed by atoms with van der Waals surface area (Å²) in [6, 6.07) is 5.84. The molecule has 0 aromatic heterocycles. The zero-order valence-electron chi connectivity index (χ0n) is 11.0. The number of hydrogen-bond acceptors (Lipinski definition) is 3. The molecule has 2 aliphatic heterocycles.